The summed E-state index contributed by atoms with van der Waals surface area (Å²) in [6.45, 7) is 5.22. The third-order valence-electron chi connectivity index (χ3n) is 3.98. The molecule has 1 aliphatic heterocycles. The van der Waals surface area contributed by atoms with Crippen molar-refractivity contribution in [2.45, 2.75) is 25.7 Å². The van der Waals surface area contributed by atoms with E-state index in [0.29, 0.717) is 10.5 Å². The number of nitrogens with zero attached hydrogens (tertiary/aromatic N) is 1. The molecule has 0 saturated heterocycles. The number of carbonyl (C=O) groups excluding carboxylic acids is 2. The van der Waals surface area contributed by atoms with Crippen molar-refractivity contribution in [2.75, 3.05) is 6.61 Å². The van der Waals surface area contributed by atoms with E-state index in [9.17, 15) is 18.0 Å². The van der Waals surface area contributed by atoms with Crippen LogP contribution in [-0.2, 0) is 19.7 Å². The monoisotopic (exact) mass is 460 g/mol. The molecular formula is C21H20N2O6S2. The van der Waals surface area contributed by atoms with Crippen LogP contribution in [0.2, 0.25) is 0 Å². The van der Waals surface area contributed by atoms with Gasteiger partial charge in [0.1, 0.15) is 4.90 Å². The Morgan fingerprint density at radius 3 is 2.52 bits per heavy atom. The largest absolute Gasteiger partial charge is 0.490 e. The molecule has 2 aromatic carbocycles. The zero-order chi connectivity index (χ0) is 22.6. The maximum atomic E-state index is 12.6. The van der Waals surface area contributed by atoms with Gasteiger partial charge in [-0.25, -0.2) is 0 Å². The Labute approximate surface area is 184 Å². The summed E-state index contributed by atoms with van der Waals surface area (Å²) in [6.07, 6.45) is 1.58. The zero-order valence-corrected chi connectivity index (χ0v) is 18.7. The van der Waals surface area contributed by atoms with Crippen LogP contribution in [0.25, 0.3) is 6.08 Å². The molecule has 31 heavy (non-hydrogen) atoms. The smallest absolute Gasteiger partial charge is 0.339 e. The summed E-state index contributed by atoms with van der Waals surface area (Å²) in [5.74, 6) is -0.555. The maximum Gasteiger partial charge on any atom is 0.339 e. The van der Waals surface area contributed by atoms with Crippen molar-refractivity contribution >= 4 is 44.9 Å². The maximum absolute atomic E-state index is 12.6. The van der Waals surface area contributed by atoms with Gasteiger partial charge >= 0.3 is 10.1 Å². The molecule has 2 aromatic rings. The summed E-state index contributed by atoms with van der Waals surface area (Å²) >= 11 is 1.04. The Balaban J connectivity index is 1.86. The first-order valence-corrected chi connectivity index (χ1v) is 11.5. The number of rotatable bonds is 6. The lowest BCUT2D eigenvalue weighted by Crippen LogP contribution is -2.23. The summed E-state index contributed by atoms with van der Waals surface area (Å²) in [6, 6.07) is 10.9. The lowest BCUT2D eigenvalue weighted by molar-refractivity contribution is -0.117. The number of carbonyl (C=O) groups is 2. The predicted octanol–water partition coefficient (Wildman–Crippen LogP) is 3.27. The summed E-state index contributed by atoms with van der Waals surface area (Å²) in [5.41, 5.74) is 1.51. The van der Waals surface area contributed by atoms with Gasteiger partial charge in [0.15, 0.2) is 16.7 Å². The Kier molecular flexibility index (Phi) is 6.81. The lowest BCUT2D eigenvalue weighted by atomic mass is 10.2. The van der Waals surface area contributed by atoms with Gasteiger partial charge in [-0.3, -0.25) is 9.59 Å². The number of amidine groups is 1. The van der Waals surface area contributed by atoms with Gasteiger partial charge in [0.05, 0.1) is 11.5 Å². The molecule has 0 atom stereocenters. The first-order valence-electron chi connectivity index (χ1n) is 9.26. The second-order valence-electron chi connectivity index (χ2n) is 6.50. The highest BCUT2D eigenvalue weighted by Crippen LogP contribution is 2.34. The topological polar surface area (TPSA) is 111 Å². The second kappa shape index (κ2) is 9.36. The van der Waals surface area contributed by atoms with Crippen LogP contribution in [0.5, 0.6) is 11.5 Å². The van der Waals surface area contributed by atoms with Crippen molar-refractivity contribution in [3.63, 3.8) is 0 Å². The fraction of sp³-hybridized carbons (Fsp3) is 0.190. The molecule has 0 aliphatic carbocycles. The number of amides is 2. The lowest BCUT2D eigenvalue weighted by Gasteiger charge is -2.13. The molecule has 0 bridgehead atoms. The SMILES string of the molecule is CCOc1cc(/C=C2/SC(NC(C)=O)=NC2=O)ccc1OS(=O)(=O)c1ccc(C)cc1. The van der Waals surface area contributed by atoms with Gasteiger partial charge in [-0.1, -0.05) is 23.8 Å². The molecule has 0 spiro atoms. The molecule has 1 heterocycles. The van der Waals surface area contributed by atoms with E-state index in [2.05, 4.69) is 10.3 Å². The van der Waals surface area contributed by atoms with E-state index in [-0.39, 0.29) is 34.1 Å². The van der Waals surface area contributed by atoms with Gasteiger partial charge in [0, 0.05) is 6.92 Å². The molecule has 0 aromatic heterocycles. The average Bonchev–Trinajstić information content (AvgIpc) is 3.02. The number of thioether (sulfide) groups is 1. The summed E-state index contributed by atoms with van der Waals surface area (Å²) in [7, 11) is -4.05. The van der Waals surface area contributed by atoms with E-state index in [4.69, 9.17) is 8.92 Å². The van der Waals surface area contributed by atoms with Crippen molar-refractivity contribution in [1.29, 1.82) is 0 Å². The highest BCUT2D eigenvalue weighted by molar-refractivity contribution is 8.18. The predicted molar refractivity (Wildman–Crippen MR) is 118 cm³/mol. The number of hydrogen-bond acceptors (Lipinski definition) is 7. The fourth-order valence-electron chi connectivity index (χ4n) is 2.59. The normalized spacial score (nSPS) is 15.0. The van der Waals surface area contributed by atoms with Crippen LogP contribution < -0.4 is 14.2 Å². The van der Waals surface area contributed by atoms with Crippen molar-refractivity contribution in [1.82, 2.24) is 5.32 Å². The molecule has 162 valence electrons. The fourth-order valence-corrected chi connectivity index (χ4v) is 4.39. The van der Waals surface area contributed by atoms with Crippen molar-refractivity contribution in [3.8, 4) is 11.5 Å². The highest BCUT2D eigenvalue weighted by Gasteiger charge is 2.23. The number of nitrogens with one attached hydrogen (secondary N) is 1. The molecule has 0 saturated carbocycles. The zero-order valence-electron chi connectivity index (χ0n) is 17.0. The average molecular weight is 461 g/mol. The van der Waals surface area contributed by atoms with Crippen LogP contribution in [0.15, 0.2) is 57.3 Å². The third-order valence-corrected chi connectivity index (χ3v) is 6.13. The number of aryl methyl sites for hydroxylation is 1. The quantitative estimate of drug-likeness (QED) is 0.520. The standard InChI is InChI=1S/C21H20N2O6S2/c1-4-28-18-11-15(12-19-20(25)23-21(30-19)22-14(3)24)7-10-17(18)29-31(26,27)16-8-5-13(2)6-9-16/h5-12H,4H2,1-3H3,(H,22,23,24,25)/b19-12+. The molecule has 0 radical (unpaired) electrons. The third kappa shape index (κ3) is 5.74. The summed E-state index contributed by atoms with van der Waals surface area (Å²) in [4.78, 5) is 27.3. The Hall–Kier alpha value is -3.11. The Bertz CT molecular complexity index is 1180. The first-order chi connectivity index (χ1) is 14.7. The van der Waals surface area contributed by atoms with Gasteiger partial charge in [-0.15, -0.1) is 0 Å². The van der Waals surface area contributed by atoms with Crippen LogP contribution >= 0.6 is 11.8 Å². The molecule has 1 N–H and O–H groups in total. The van der Waals surface area contributed by atoms with Gasteiger partial charge in [0.25, 0.3) is 5.91 Å². The van der Waals surface area contributed by atoms with Gasteiger partial charge in [-0.05, 0) is 61.5 Å². The van der Waals surface area contributed by atoms with E-state index in [0.717, 1.165) is 17.3 Å². The van der Waals surface area contributed by atoms with Crippen LogP contribution in [0.1, 0.15) is 25.0 Å². The molecule has 1 aliphatic rings. The first kappa shape index (κ1) is 22.6. The molecule has 0 fully saturated rings. The summed E-state index contributed by atoms with van der Waals surface area (Å²) < 4.78 is 36.1. The number of aliphatic imine (C=N–C) groups is 1. The molecule has 0 unspecified atom stereocenters. The van der Waals surface area contributed by atoms with Crippen molar-refractivity contribution in [3.05, 3.63) is 58.5 Å². The van der Waals surface area contributed by atoms with Crippen molar-refractivity contribution < 1.29 is 26.9 Å². The second-order valence-corrected chi connectivity index (χ2v) is 9.08. The molecule has 8 nitrogen and oxygen atoms in total. The van der Waals surface area contributed by atoms with Crippen LogP contribution in [0, 0.1) is 6.92 Å². The van der Waals surface area contributed by atoms with Crippen LogP contribution in [-0.4, -0.2) is 32.0 Å². The van der Waals surface area contributed by atoms with E-state index < -0.39 is 16.0 Å². The minimum atomic E-state index is -4.05. The molecule has 2 amide bonds. The Morgan fingerprint density at radius 1 is 1.16 bits per heavy atom. The number of hydrogen-bond donors (Lipinski definition) is 1. The summed E-state index contributed by atoms with van der Waals surface area (Å²) in [5, 5.41) is 2.68. The molecule has 3 rings (SSSR count). The Morgan fingerprint density at radius 2 is 1.87 bits per heavy atom. The van der Waals surface area contributed by atoms with E-state index in [1.807, 2.05) is 6.92 Å². The highest BCUT2D eigenvalue weighted by atomic mass is 32.2. The van der Waals surface area contributed by atoms with Gasteiger partial charge in [-0.2, -0.15) is 13.4 Å². The molecule has 10 heteroatoms. The minimum absolute atomic E-state index is 0.0299. The number of benzene rings is 2. The van der Waals surface area contributed by atoms with Gasteiger partial charge in [0.2, 0.25) is 5.91 Å². The van der Waals surface area contributed by atoms with Gasteiger partial charge < -0.3 is 14.2 Å². The van der Waals surface area contributed by atoms with Crippen molar-refractivity contribution in [2.24, 2.45) is 4.99 Å². The van der Waals surface area contributed by atoms with E-state index in [1.54, 1.807) is 37.3 Å². The van der Waals surface area contributed by atoms with E-state index in [1.165, 1.54) is 25.1 Å². The molecular weight excluding hydrogens is 440 g/mol. The van der Waals surface area contributed by atoms with E-state index >= 15 is 0 Å². The van der Waals surface area contributed by atoms with Crippen LogP contribution in [0.4, 0.5) is 0 Å². The van der Waals surface area contributed by atoms with Crippen LogP contribution in [0.3, 0.4) is 0 Å². The minimum Gasteiger partial charge on any atom is -0.490 e. The number of ether oxygens (including phenoxy) is 1.